The first kappa shape index (κ1) is 50.4. The zero-order valence-corrected chi connectivity index (χ0v) is 34.4. The van der Waals surface area contributed by atoms with Crippen LogP contribution in [0.3, 0.4) is 0 Å². The summed E-state index contributed by atoms with van der Waals surface area (Å²) in [4.78, 5) is 48.3. The molecule has 0 atom stereocenters. The van der Waals surface area contributed by atoms with Crippen molar-refractivity contribution < 1.29 is 64.1 Å². The molecule has 14 nitrogen and oxygen atoms in total. The predicted octanol–water partition coefficient (Wildman–Crippen LogP) is 5.43. The van der Waals surface area contributed by atoms with Gasteiger partial charge in [0.05, 0.1) is 67.2 Å². The average Bonchev–Trinajstić information content (AvgIpc) is 3.09. The van der Waals surface area contributed by atoms with Gasteiger partial charge in [0.1, 0.15) is 13.2 Å². The number of benzene rings is 2. The Morgan fingerprint density at radius 2 is 0.698 bits per heavy atom. The van der Waals surface area contributed by atoms with Crippen molar-refractivity contribution in [2.45, 2.75) is 90.9 Å². The SMILES string of the molecule is CCCCCCCCOC(=O)c1ccccc1C(=O)OCCS(=O)(=O)[O-].CCCCCCCCOC(=O)c1ccccc1C(=O)OCCS(=O)(=O)[O-].[Ca+2]. The summed E-state index contributed by atoms with van der Waals surface area (Å²) in [7, 11) is -8.94. The number of carbonyl (C=O) groups is 4. The Balaban J connectivity index is 0.00000100. The van der Waals surface area contributed by atoms with Crippen LogP contribution in [0.25, 0.3) is 0 Å². The van der Waals surface area contributed by atoms with E-state index in [1.54, 1.807) is 24.3 Å². The van der Waals surface area contributed by atoms with Gasteiger partial charge in [-0.2, -0.15) is 0 Å². The summed E-state index contributed by atoms with van der Waals surface area (Å²) < 4.78 is 83.1. The molecule has 0 N–H and O–H groups in total. The monoisotopic (exact) mass is 810 g/mol. The number of ether oxygens (including phenoxy) is 4. The van der Waals surface area contributed by atoms with Crippen LogP contribution in [0.4, 0.5) is 0 Å². The van der Waals surface area contributed by atoms with E-state index in [4.69, 9.17) is 18.9 Å². The molecule has 0 aliphatic rings. The summed E-state index contributed by atoms with van der Waals surface area (Å²) in [6.07, 6.45) is 12.7. The standard InChI is InChI=1S/2C18H26O7S.Ca/c2*1-2-3-4-5-6-9-12-24-17(19)15-10-7-8-11-16(15)18(20)25-13-14-26(21,22)23;/h2*7-8,10-11H,2-6,9,12-14H2,1H3,(H,21,22,23);/q;;+2/p-2. The third-order valence-corrected chi connectivity index (χ3v) is 8.66. The molecule has 0 aliphatic heterocycles. The van der Waals surface area contributed by atoms with Gasteiger partial charge in [-0.25, -0.2) is 36.0 Å². The fraction of sp³-hybridized carbons (Fsp3) is 0.556. The Morgan fingerprint density at radius 3 is 0.962 bits per heavy atom. The first-order valence-corrected chi connectivity index (χ1v) is 20.6. The minimum Gasteiger partial charge on any atom is -0.748 e. The van der Waals surface area contributed by atoms with Crippen molar-refractivity contribution in [1.82, 2.24) is 0 Å². The van der Waals surface area contributed by atoms with Crippen LogP contribution in [0.1, 0.15) is 132 Å². The second-order valence-electron chi connectivity index (χ2n) is 11.7. The molecular weight excluding hydrogens is 761 g/mol. The van der Waals surface area contributed by atoms with Gasteiger partial charge < -0.3 is 28.1 Å². The van der Waals surface area contributed by atoms with Crippen LogP contribution in [-0.2, 0) is 39.2 Å². The Labute approximate surface area is 343 Å². The molecular formula is C36H50CaO14S2. The van der Waals surface area contributed by atoms with Crippen LogP contribution in [0.15, 0.2) is 48.5 Å². The third kappa shape index (κ3) is 24.4. The number of esters is 4. The smallest absolute Gasteiger partial charge is 0.748 e. The van der Waals surface area contributed by atoms with Crippen molar-refractivity contribution in [1.29, 1.82) is 0 Å². The molecule has 2 rings (SSSR count). The number of unbranched alkanes of at least 4 members (excludes halogenated alkanes) is 10. The molecule has 0 spiro atoms. The van der Waals surface area contributed by atoms with Crippen molar-refractivity contribution in [2.24, 2.45) is 0 Å². The van der Waals surface area contributed by atoms with Crippen molar-refractivity contribution in [3.63, 3.8) is 0 Å². The molecule has 0 bridgehead atoms. The van der Waals surface area contributed by atoms with Gasteiger partial charge in [-0.1, -0.05) is 102 Å². The Morgan fingerprint density at radius 1 is 0.453 bits per heavy atom. The first-order valence-electron chi connectivity index (χ1n) is 17.4. The molecule has 53 heavy (non-hydrogen) atoms. The van der Waals surface area contributed by atoms with Gasteiger partial charge in [0.25, 0.3) is 0 Å². The summed E-state index contributed by atoms with van der Waals surface area (Å²) in [5.74, 6) is -4.65. The molecule has 0 aromatic heterocycles. The molecule has 292 valence electrons. The molecule has 0 radical (unpaired) electrons. The quantitative estimate of drug-likeness (QED) is 0.0424. The Bertz CT molecular complexity index is 1490. The Hall–Kier alpha value is -2.60. The maximum Gasteiger partial charge on any atom is 2.00 e. The summed E-state index contributed by atoms with van der Waals surface area (Å²) in [6.45, 7) is 3.69. The molecule has 2 aromatic carbocycles. The van der Waals surface area contributed by atoms with Crippen molar-refractivity contribution in [3.8, 4) is 0 Å². The van der Waals surface area contributed by atoms with Gasteiger partial charge in [-0.3, -0.25) is 0 Å². The zero-order valence-electron chi connectivity index (χ0n) is 30.6. The maximum absolute atomic E-state index is 12.2. The van der Waals surface area contributed by atoms with Crippen LogP contribution in [0, 0.1) is 0 Å². The normalized spacial score (nSPS) is 10.9. The van der Waals surface area contributed by atoms with Crippen LogP contribution in [0.2, 0.25) is 0 Å². The number of carbonyl (C=O) groups excluding carboxylic acids is 4. The van der Waals surface area contributed by atoms with Crippen LogP contribution >= 0.6 is 0 Å². The fourth-order valence-electron chi connectivity index (χ4n) is 4.56. The van der Waals surface area contributed by atoms with Gasteiger partial charge in [-0.05, 0) is 37.1 Å². The molecule has 0 heterocycles. The van der Waals surface area contributed by atoms with E-state index in [0.29, 0.717) is 0 Å². The predicted molar refractivity (Wildman–Crippen MR) is 196 cm³/mol. The van der Waals surface area contributed by atoms with Crippen molar-refractivity contribution in [3.05, 3.63) is 70.8 Å². The van der Waals surface area contributed by atoms with Gasteiger partial charge in [-0.15, -0.1) is 0 Å². The van der Waals surface area contributed by atoms with Crippen molar-refractivity contribution in [2.75, 3.05) is 37.9 Å². The Kier molecular flexibility index (Phi) is 27.4. The third-order valence-electron chi connectivity index (χ3n) is 7.33. The number of hydrogen-bond acceptors (Lipinski definition) is 14. The van der Waals surface area contributed by atoms with E-state index in [2.05, 4.69) is 13.8 Å². The van der Waals surface area contributed by atoms with Gasteiger partial charge in [0.15, 0.2) is 0 Å². The average molecular weight is 811 g/mol. The van der Waals surface area contributed by atoms with Gasteiger partial charge in [0, 0.05) is 0 Å². The molecule has 0 aliphatic carbocycles. The minimum atomic E-state index is -4.47. The molecule has 0 fully saturated rings. The van der Waals surface area contributed by atoms with E-state index in [9.17, 15) is 45.1 Å². The molecule has 17 heteroatoms. The molecule has 0 saturated carbocycles. The van der Waals surface area contributed by atoms with E-state index in [0.717, 1.165) is 51.4 Å². The number of rotatable bonds is 24. The van der Waals surface area contributed by atoms with E-state index < -0.39 is 68.8 Å². The topological polar surface area (TPSA) is 220 Å². The van der Waals surface area contributed by atoms with Crippen LogP contribution in [-0.4, -0.2) is 125 Å². The summed E-state index contributed by atoms with van der Waals surface area (Å²) >= 11 is 0. The van der Waals surface area contributed by atoms with Crippen LogP contribution in [0.5, 0.6) is 0 Å². The first-order chi connectivity index (χ1) is 24.7. The summed E-state index contributed by atoms with van der Waals surface area (Å²) in [5, 5.41) is 0. The summed E-state index contributed by atoms with van der Waals surface area (Å²) in [6, 6.07) is 11.9. The summed E-state index contributed by atoms with van der Waals surface area (Å²) in [5.41, 5.74) is 0.0504. The second-order valence-corrected chi connectivity index (χ2v) is 14.7. The second kappa shape index (κ2) is 28.8. The van der Waals surface area contributed by atoms with E-state index in [-0.39, 0.29) is 73.2 Å². The van der Waals surface area contributed by atoms with E-state index >= 15 is 0 Å². The van der Waals surface area contributed by atoms with Gasteiger partial charge >= 0.3 is 61.6 Å². The van der Waals surface area contributed by atoms with E-state index in [1.165, 1.54) is 49.9 Å². The number of hydrogen-bond donors (Lipinski definition) is 0. The molecule has 2 aromatic rings. The van der Waals surface area contributed by atoms with Crippen molar-refractivity contribution >= 4 is 81.9 Å². The molecule has 0 unspecified atom stereocenters. The van der Waals surface area contributed by atoms with Crippen LogP contribution < -0.4 is 0 Å². The fourth-order valence-corrected chi connectivity index (χ4v) is 5.13. The zero-order chi connectivity index (χ0) is 38.8. The molecule has 0 amide bonds. The van der Waals surface area contributed by atoms with Gasteiger partial charge in [0.2, 0.25) is 0 Å². The van der Waals surface area contributed by atoms with E-state index in [1.807, 2.05) is 0 Å². The maximum atomic E-state index is 12.2. The molecule has 0 saturated heterocycles. The minimum absolute atomic E-state index is 0. The largest absolute Gasteiger partial charge is 2.00 e.